The summed E-state index contributed by atoms with van der Waals surface area (Å²) < 4.78 is 52.6. The summed E-state index contributed by atoms with van der Waals surface area (Å²) in [4.78, 5) is 55.8. The van der Waals surface area contributed by atoms with Gasteiger partial charge >= 0.3 is 11.9 Å². The van der Waals surface area contributed by atoms with Crippen LogP contribution in [0.1, 0.15) is 141 Å². The molecule has 2 N–H and O–H groups in total. The Morgan fingerprint density at radius 2 is 0.838 bits per heavy atom. The lowest BCUT2D eigenvalue weighted by molar-refractivity contribution is -0.161. The van der Waals surface area contributed by atoms with Crippen LogP contribution in [0.15, 0.2) is 97.1 Å². The molecule has 0 aromatic heterocycles. The lowest BCUT2D eigenvalue weighted by Gasteiger charge is -2.52. The lowest BCUT2D eigenvalue weighted by Crippen LogP contribution is -2.59. The van der Waals surface area contributed by atoms with E-state index in [1.807, 2.05) is 88.4 Å². The van der Waals surface area contributed by atoms with Crippen LogP contribution in [-0.4, -0.2) is 94.7 Å². The number of halogens is 4. The van der Waals surface area contributed by atoms with Crippen molar-refractivity contribution in [2.45, 2.75) is 141 Å². The van der Waals surface area contributed by atoms with Crippen molar-refractivity contribution in [3.8, 4) is 0 Å². The first-order chi connectivity index (χ1) is 34.3. The van der Waals surface area contributed by atoms with Crippen LogP contribution < -0.4 is 0 Å². The molecule has 2 aliphatic heterocycles. The van der Waals surface area contributed by atoms with E-state index in [0.717, 1.165) is 22.3 Å². The molecule has 0 saturated carbocycles. The van der Waals surface area contributed by atoms with E-state index < -0.39 is 77.1 Å². The van der Waals surface area contributed by atoms with Crippen molar-refractivity contribution >= 4 is 89.8 Å². The molecule has 2 heterocycles. The number of rotatable bonds is 18. The quantitative estimate of drug-likeness (QED) is 0.0972. The van der Waals surface area contributed by atoms with Gasteiger partial charge in [0.15, 0.2) is 19.7 Å². The Morgan fingerprint density at radius 3 is 1.09 bits per heavy atom. The average Bonchev–Trinajstić information content (AvgIpc) is 3.29. The third-order valence-corrected chi connectivity index (χ3v) is 20.2. The van der Waals surface area contributed by atoms with Crippen LogP contribution in [0.5, 0.6) is 0 Å². The number of carboxylic acids is 2. The molecule has 18 heteroatoms. The molecule has 0 unspecified atom stereocenters. The van der Waals surface area contributed by atoms with E-state index >= 15 is 0 Å². The monoisotopic (exact) mass is 1130 g/mol. The number of carboxylic acid groups (broad SMARTS) is 2. The summed E-state index contributed by atoms with van der Waals surface area (Å²) >= 11 is 25.1. The van der Waals surface area contributed by atoms with E-state index in [0.29, 0.717) is 20.1 Å². The molecule has 2 amide bonds. The van der Waals surface area contributed by atoms with Gasteiger partial charge in [0.2, 0.25) is 11.8 Å². The Morgan fingerprint density at radius 1 is 0.527 bits per heavy atom. The fourth-order valence-electron chi connectivity index (χ4n) is 10.5. The number of aliphatic carboxylic acids is 2. The zero-order valence-electron chi connectivity index (χ0n) is 43.6. The number of likely N-dealkylation sites (tertiary alicyclic amines) is 2. The second-order valence-corrected chi connectivity index (χ2v) is 28.7. The molecule has 0 radical (unpaired) electrons. The van der Waals surface area contributed by atoms with E-state index in [1.54, 1.807) is 87.7 Å². The van der Waals surface area contributed by atoms with Gasteiger partial charge in [-0.05, 0) is 123 Å². The number of carbonyl (C=O) groups excluding carboxylic acids is 2. The number of hydrogen-bond acceptors (Lipinski definition) is 8. The summed E-state index contributed by atoms with van der Waals surface area (Å²) in [6.45, 7) is 17.4. The number of piperidine rings is 2. The highest BCUT2D eigenvalue weighted by molar-refractivity contribution is 7.92. The molecule has 6 rings (SSSR count). The minimum Gasteiger partial charge on any atom is -0.481 e. The van der Waals surface area contributed by atoms with Gasteiger partial charge < -0.3 is 20.0 Å². The summed E-state index contributed by atoms with van der Waals surface area (Å²) in [5, 5.41) is 20.4. The fraction of sp³-hybridized carbons (Fsp3) is 0.500. The number of amides is 2. The molecule has 404 valence electrons. The predicted octanol–water partition coefficient (Wildman–Crippen LogP) is 12.8. The molecule has 12 nitrogen and oxygen atoms in total. The van der Waals surface area contributed by atoms with Gasteiger partial charge in [0.05, 0.1) is 57.8 Å². The van der Waals surface area contributed by atoms with Crippen molar-refractivity contribution in [1.82, 2.24) is 9.80 Å². The van der Waals surface area contributed by atoms with Gasteiger partial charge in [0, 0.05) is 44.0 Å². The number of benzene rings is 4. The Balaban J connectivity index is 0.000000274. The van der Waals surface area contributed by atoms with Gasteiger partial charge in [0.25, 0.3) is 0 Å². The third kappa shape index (κ3) is 14.2. The third-order valence-electron chi connectivity index (χ3n) is 14.8. The van der Waals surface area contributed by atoms with Crippen molar-refractivity contribution < 1.29 is 46.2 Å². The maximum absolute atomic E-state index is 14.3. The number of carbonyl (C=O) groups is 4. The first kappa shape index (κ1) is 60.7. The molecular formula is C56H70Cl4N2O10S2. The van der Waals surface area contributed by atoms with Crippen molar-refractivity contribution in [2.75, 3.05) is 11.5 Å². The Kier molecular flexibility index (Phi) is 20.0. The lowest BCUT2D eigenvalue weighted by atomic mass is 9.66. The van der Waals surface area contributed by atoms with Crippen LogP contribution in [0, 0.1) is 22.7 Å². The van der Waals surface area contributed by atoms with Gasteiger partial charge in [-0.3, -0.25) is 19.2 Å². The second-order valence-electron chi connectivity index (χ2n) is 21.8. The predicted molar refractivity (Wildman–Crippen MR) is 296 cm³/mol. The highest BCUT2D eigenvalue weighted by Crippen LogP contribution is 2.54. The van der Waals surface area contributed by atoms with Gasteiger partial charge in [-0.1, -0.05) is 136 Å². The molecule has 0 bridgehead atoms. The first-order valence-electron chi connectivity index (χ1n) is 24.9. The fourth-order valence-corrected chi connectivity index (χ4v) is 14.0. The standard InChI is InChI=1S/2C28H35Cl2NO5S/c2*1-17(2)24(16-37(35,36)18(3)4)31-26(19-9-11-21(29)12-10-19)23(20-7-6-8-22(30)13-20)14-28(5,27(31)34)15-25(32)33/h2*6-13,17-18,23-24,26H,14-16H2,1-5H3,(H,32,33)/t2*23-,24-,26-,28-/m11/s1. The van der Waals surface area contributed by atoms with Crippen molar-refractivity contribution in [2.24, 2.45) is 22.7 Å². The molecular weight excluding hydrogens is 1070 g/mol. The van der Waals surface area contributed by atoms with E-state index in [-0.39, 0.29) is 72.7 Å². The van der Waals surface area contributed by atoms with Crippen LogP contribution in [0.25, 0.3) is 0 Å². The van der Waals surface area contributed by atoms with Crippen molar-refractivity contribution in [3.63, 3.8) is 0 Å². The molecule has 8 atom stereocenters. The molecule has 4 aromatic carbocycles. The maximum Gasteiger partial charge on any atom is 0.304 e. The Bertz CT molecular complexity index is 2690. The van der Waals surface area contributed by atoms with Crippen LogP contribution in [0.2, 0.25) is 20.1 Å². The molecule has 2 aliphatic rings. The van der Waals surface area contributed by atoms with Gasteiger partial charge in [-0.15, -0.1) is 0 Å². The van der Waals surface area contributed by atoms with Crippen molar-refractivity contribution in [3.05, 3.63) is 139 Å². The van der Waals surface area contributed by atoms with Gasteiger partial charge in [-0.2, -0.15) is 0 Å². The Labute approximate surface area is 457 Å². The summed E-state index contributed by atoms with van der Waals surface area (Å²) in [5.74, 6) is -4.39. The van der Waals surface area contributed by atoms with E-state index in [1.165, 1.54) is 0 Å². The molecule has 4 aromatic rings. The zero-order chi connectivity index (χ0) is 55.4. The maximum atomic E-state index is 14.3. The van der Waals surface area contributed by atoms with Crippen molar-refractivity contribution in [1.29, 1.82) is 0 Å². The minimum atomic E-state index is -3.53. The molecule has 2 fully saturated rings. The van der Waals surface area contributed by atoms with E-state index in [2.05, 4.69) is 0 Å². The second kappa shape index (κ2) is 24.4. The summed E-state index contributed by atoms with van der Waals surface area (Å²) in [7, 11) is -7.06. The number of hydrogen-bond donors (Lipinski definition) is 2. The molecule has 0 aliphatic carbocycles. The van der Waals surface area contributed by atoms with Gasteiger partial charge in [-0.25, -0.2) is 16.8 Å². The summed E-state index contributed by atoms with van der Waals surface area (Å²) in [5.41, 5.74) is 0.833. The SMILES string of the molecule is CC(C)[C@@H](CS(=O)(=O)C(C)C)N1C(=O)[C@@](C)(CC(=O)O)C[C@H](c2cccc(Cl)c2)[C@H]1c1ccc(Cl)cc1.CC(C)[C@@H](CS(=O)(=O)C(C)C)N1C(=O)[C@@](C)(CC(=O)O)C[C@H](c2cccc(Cl)c2)[C@H]1c1ccc(Cl)cc1. The Hall–Kier alpha value is -4.18. The molecule has 74 heavy (non-hydrogen) atoms. The van der Waals surface area contributed by atoms with E-state index in [4.69, 9.17) is 46.4 Å². The average molecular weight is 1140 g/mol. The summed E-state index contributed by atoms with van der Waals surface area (Å²) in [6, 6.07) is 26.6. The van der Waals surface area contributed by atoms with Crippen LogP contribution in [-0.2, 0) is 38.9 Å². The highest BCUT2D eigenvalue weighted by atomic mass is 35.5. The first-order valence-corrected chi connectivity index (χ1v) is 29.8. The van der Waals surface area contributed by atoms with Crippen LogP contribution in [0.3, 0.4) is 0 Å². The van der Waals surface area contributed by atoms with Gasteiger partial charge in [0.1, 0.15) is 0 Å². The minimum absolute atomic E-state index is 0.209. The smallest absolute Gasteiger partial charge is 0.304 e. The van der Waals surface area contributed by atoms with Crippen LogP contribution >= 0.6 is 46.4 Å². The molecule has 2 saturated heterocycles. The number of nitrogens with zero attached hydrogens (tertiary/aromatic N) is 2. The topological polar surface area (TPSA) is 184 Å². The normalized spacial score (nSPS) is 23.5. The molecule has 0 spiro atoms. The van der Waals surface area contributed by atoms with Crippen LogP contribution in [0.4, 0.5) is 0 Å². The van der Waals surface area contributed by atoms with E-state index in [9.17, 15) is 46.2 Å². The summed E-state index contributed by atoms with van der Waals surface area (Å²) in [6.07, 6.45) is -0.197. The largest absolute Gasteiger partial charge is 0.481 e. The highest BCUT2D eigenvalue weighted by Gasteiger charge is 2.55. The number of sulfone groups is 2. The zero-order valence-corrected chi connectivity index (χ0v) is 48.3.